The Morgan fingerprint density at radius 3 is 2.63 bits per heavy atom. The Kier molecular flexibility index (Phi) is 6.26. The summed E-state index contributed by atoms with van der Waals surface area (Å²) in [5.41, 5.74) is 1.48. The Labute approximate surface area is 161 Å². The first-order valence-electron chi connectivity index (χ1n) is 8.64. The molecular weight excluding hydrogens is 364 g/mol. The van der Waals surface area contributed by atoms with Gasteiger partial charge in [0.25, 0.3) is 5.91 Å². The molecule has 0 unspecified atom stereocenters. The summed E-state index contributed by atoms with van der Waals surface area (Å²) in [7, 11) is 3.21. The summed E-state index contributed by atoms with van der Waals surface area (Å²) >= 11 is 1.45. The van der Waals surface area contributed by atoms with Crippen LogP contribution in [-0.2, 0) is 11.3 Å². The lowest BCUT2D eigenvalue weighted by Gasteiger charge is -2.06. The molecule has 1 aromatic heterocycles. The van der Waals surface area contributed by atoms with Crippen LogP contribution >= 0.6 is 11.3 Å². The molecule has 2 aromatic carbocycles. The number of aromatic nitrogens is 1. The third-order valence-electron chi connectivity index (χ3n) is 4.07. The summed E-state index contributed by atoms with van der Waals surface area (Å²) < 4.78 is 19.0. The van der Waals surface area contributed by atoms with Gasteiger partial charge in [-0.2, -0.15) is 4.99 Å². The highest BCUT2D eigenvalue weighted by atomic mass is 32.1. The van der Waals surface area contributed by atoms with Crippen LogP contribution in [0.3, 0.4) is 0 Å². The van der Waals surface area contributed by atoms with Gasteiger partial charge in [0.1, 0.15) is 11.5 Å². The molecule has 0 radical (unpaired) electrons. The minimum atomic E-state index is -0.308. The number of fused-ring (bicyclic) bond motifs is 1. The zero-order valence-electron chi connectivity index (χ0n) is 15.6. The normalized spacial score (nSPS) is 11.7. The van der Waals surface area contributed by atoms with E-state index in [1.54, 1.807) is 38.5 Å². The van der Waals surface area contributed by atoms with Crippen LogP contribution in [0.1, 0.15) is 17.3 Å². The first-order chi connectivity index (χ1) is 13.2. The summed E-state index contributed by atoms with van der Waals surface area (Å²) in [6.45, 7) is 3.77. The molecule has 7 heteroatoms. The number of hydrogen-bond donors (Lipinski definition) is 0. The van der Waals surface area contributed by atoms with Gasteiger partial charge in [0.15, 0.2) is 4.80 Å². The molecule has 0 fully saturated rings. The Balaban J connectivity index is 2.05. The lowest BCUT2D eigenvalue weighted by molar-refractivity contribution is 0.0996. The quantitative estimate of drug-likeness (QED) is 0.583. The van der Waals surface area contributed by atoms with Gasteiger partial charge < -0.3 is 18.8 Å². The van der Waals surface area contributed by atoms with Gasteiger partial charge >= 0.3 is 0 Å². The standard InChI is InChI=1S/C20H22N2O4S/c1-4-26-11-10-22-17-9-8-16(25-3)13-18(17)27-20(22)21-19(23)14-6-5-7-15(12-14)24-2/h5-9,12-13H,4,10-11H2,1-3H3. The lowest BCUT2D eigenvalue weighted by atomic mass is 10.2. The average Bonchev–Trinajstić information content (AvgIpc) is 3.04. The number of rotatable bonds is 7. The predicted octanol–water partition coefficient (Wildman–Crippen LogP) is 3.50. The Morgan fingerprint density at radius 2 is 1.89 bits per heavy atom. The number of carbonyl (C=O) groups excluding carboxylic acids is 1. The van der Waals surface area contributed by atoms with Crippen molar-refractivity contribution in [1.29, 1.82) is 0 Å². The van der Waals surface area contributed by atoms with E-state index in [1.807, 2.05) is 29.7 Å². The van der Waals surface area contributed by atoms with Crippen molar-refractivity contribution in [2.75, 3.05) is 27.4 Å². The molecule has 1 heterocycles. The van der Waals surface area contributed by atoms with Crippen molar-refractivity contribution in [3.05, 3.63) is 52.8 Å². The van der Waals surface area contributed by atoms with E-state index in [2.05, 4.69) is 4.99 Å². The van der Waals surface area contributed by atoms with Gasteiger partial charge in [0, 0.05) is 18.7 Å². The summed E-state index contributed by atoms with van der Waals surface area (Å²) in [5.74, 6) is 1.09. The maximum atomic E-state index is 12.7. The van der Waals surface area contributed by atoms with E-state index in [0.717, 1.165) is 16.0 Å². The van der Waals surface area contributed by atoms with Crippen LogP contribution in [0.15, 0.2) is 47.5 Å². The number of nitrogens with zero attached hydrogens (tertiary/aromatic N) is 2. The van der Waals surface area contributed by atoms with Gasteiger partial charge in [0.05, 0.1) is 31.0 Å². The van der Waals surface area contributed by atoms with E-state index >= 15 is 0 Å². The fourth-order valence-electron chi connectivity index (χ4n) is 2.69. The number of thiazole rings is 1. The summed E-state index contributed by atoms with van der Waals surface area (Å²) in [6, 6.07) is 12.8. The van der Waals surface area contributed by atoms with Crippen LogP contribution in [0.2, 0.25) is 0 Å². The molecule has 0 atom stereocenters. The van der Waals surface area contributed by atoms with Crippen LogP contribution in [0.5, 0.6) is 11.5 Å². The van der Waals surface area contributed by atoms with Crippen LogP contribution in [0.25, 0.3) is 10.2 Å². The molecule has 0 aliphatic rings. The van der Waals surface area contributed by atoms with Gasteiger partial charge in [-0.1, -0.05) is 17.4 Å². The van der Waals surface area contributed by atoms with Crippen molar-refractivity contribution >= 4 is 27.5 Å². The van der Waals surface area contributed by atoms with E-state index < -0.39 is 0 Å². The molecule has 0 spiro atoms. The number of ether oxygens (including phenoxy) is 3. The molecule has 0 saturated carbocycles. The van der Waals surface area contributed by atoms with Crippen LogP contribution in [0, 0.1) is 0 Å². The van der Waals surface area contributed by atoms with Crippen molar-refractivity contribution in [3.8, 4) is 11.5 Å². The molecule has 3 rings (SSSR count). The maximum absolute atomic E-state index is 12.7. The monoisotopic (exact) mass is 386 g/mol. The van der Waals surface area contributed by atoms with E-state index in [0.29, 0.717) is 35.9 Å². The Bertz CT molecular complexity index is 1010. The molecular formula is C20H22N2O4S. The van der Waals surface area contributed by atoms with E-state index in [9.17, 15) is 4.79 Å². The zero-order chi connectivity index (χ0) is 19.2. The highest BCUT2D eigenvalue weighted by Gasteiger charge is 2.11. The van der Waals surface area contributed by atoms with Crippen molar-refractivity contribution < 1.29 is 19.0 Å². The molecule has 142 valence electrons. The minimum Gasteiger partial charge on any atom is -0.497 e. The number of carbonyl (C=O) groups is 1. The summed E-state index contributed by atoms with van der Waals surface area (Å²) in [6.07, 6.45) is 0. The molecule has 0 bridgehead atoms. The van der Waals surface area contributed by atoms with Crippen molar-refractivity contribution in [1.82, 2.24) is 4.57 Å². The number of methoxy groups -OCH3 is 2. The highest BCUT2D eigenvalue weighted by molar-refractivity contribution is 7.16. The second-order valence-corrected chi connectivity index (χ2v) is 6.72. The number of amides is 1. The molecule has 0 N–H and O–H groups in total. The molecule has 27 heavy (non-hydrogen) atoms. The second kappa shape index (κ2) is 8.83. The molecule has 0 aliphatic carbocycles. The van der Waals surface area contributed by atoms with Gasteiger partial charge in [0.2, 0.25) is 0 Å². The number of benzene rings is 2. The third kappa shape index (κ3) is 4.37. The fraction of sp³-hybridized carbons (Fsp3) is 0.300. The molecule has 6 nitrogen and oxygen atoms in total. The lowest BCUT2D eigenvalue weighted by Crippen LogP contribution is -2.19. The van der Waals surface area contributed by atoms with E-state index in [-0.39, 0.29) is 5.91 Å². The van der Waals surface area contributed by atoms with Gasteiger partial charge in [-0.25, -0.2) is 0 Å². The minimum absolute atomic E-state index is 0.308. The summed E-state index contributed by atoms with van der Waals surface area (Å²) in [5, 5.41) is 0. The SMILES string of the molecule is CCOCCn1c(=NC(=O)c2cccc(OC)c2)sc2cc(OC)ccc21. The second-order valence-electron chi connectivity index (χ2n) is 5.72. The third-order valence-corrected chi connectivity index (χ3v) is 5.11. The highest BCUT2D eigenvalue weighted by Crippen LogP contribution is 2.23. The van der Waals surface area contributed by atoms with Gasteiger partial charge in [-0.15, -0.1) is 0 Å². The topological polar surface area (TPSA) is 62.1 Å². The molecule has 1 amide bonds. The molecule has 3 aromatic rings. The van der Waals surface area contributed by atoms with Crippen LogP contribution in [0.4, 0.5) is 0 Å². The Hall–Kier alpha value is -2.64. The molecule has 0 saturated heterocycles. The zero-order valence-corrected chi connectivity index (χ0v) is 16.4. The number of hydrogen-bond acceptors (Lipinski definition) is 5. The van der Waals surface area contributed by atoms with E-state index in [1.165, 1.54) is 11.3 Å². The van der Waals surface area contributed by atoms with Crippen molar-refractivity contribution in [2.45, 2.75) is 13.5 Å². The van der Waals surface area contributed by atoms with Crippen LogP contribution in [-0.4, -0.2) is 37.9 Å². The van der Waals surface area contributed by atoms with Crippen LogP contribution < -0.4 is 14.3 Å². The van der Waals surface area contributed by atoms with Crippen molar-refractivity contribution in [2.24, 2.45) is 4.99 Å². The van der Waals surface area contributed by atoms with E-state index in [4.69, 9.17) is 14.2 Å². The predicted molar refractivity (Wildman–Crippen MR) is 106 cm³/mol. The smallest absolute Gasteiger partial charge is 0.279 e. The first kappa shape index (κ1) is 19.1. The largest absolute Gasteiger partial charge is 0.497 e. The average molecular weight is 386 g/mol. The van der Waals surface area contributed by atoms with Gasteiger partial charge in [-0.05, 0) is 43.3 Å². The summed E-state index contributed by atoms with van der Waals surface area (Å²) in [4.78, 5) is 17.7. The first-order valence-corrected chi connectivity index (χ1v) is 9.46. The Morgan fingerprint density at radius 1 is 1.11 bits per heavy atom. The maximum Gasteiger partial charge on any atom is 0.279 e. The fourth-order valence-corrected chi connectivity index (χ4v) is 3.77. The van der Waals surface area contributed by atoms with Crippen molar-refractivity contribution in [3.63, 3.8) is 0 Å². The molecule has 0 aliphatic heterocycles. The van der Waals surface area contributed by atoms with Gasteiger partial charge in [-0.3, -0.25) is 4.79 Å².